The number of carbonyl (C=O) groups is 3. The summed E-state index contributed by atoms with van der Waals surface area (Å²) in [6.07, 6.45) is -0.141. The van der Waals surface area contributed by atoms with Gasteiger partial charge in [-0.2, -0.15) is 0 Å². The molecule has 2 amide bonds. The molecule has 0 aromatic heterocycles. The number of hydrogen-bond donors (Lipinski definition) is 3. The summed E-state index contributed by atoms with van der Waals surface area (Å²) in [4.78, 5) is 33.8. The summed E-state index contributed by atoms with van der Waals surface area (Å²) in [5, 5.41) is 11.4. The van der Waals surface area contributed by atoms with Crippen LogP contribution in [0.2, 0.25) is 0 Å². The van der Waals surface area contributed by atoms with Crippen LogP contribution in [-0.4, -0.2) is 28.9 Å². The number of amides is 2. The molecule has 0 fully saturated rings. The maximum Gasteiger partial charge on any atom is 0.326 e. The van der Waals surface area contributed by atoms with E-state index in [0.717, 1.165) is 4.47 Å². The Morgan fingerprint density at radius 3 is 2.60 bits per heavy atom. The van der Waals surface area contributed by atoms with Crippen LogP contribution in [0, 0.1) is 6.92 Å². The van der Waals surface area contributed by atoms with Gasteiger partial charge in [0.15, 0.2) is 0 Å². The first-order valence-electron chi connectivity index (χ1n) is 5.90. The van der Waals surface area contributed by atoms with Crippen molar-refractivity contribution in [1.29, 1.82) is 0 Å². The van der Waals surface area contributed by atoms with Crippen LogP contribution in [0.25, 0.3) is 0 Å². The van der Waals surface area contributed by atoms with Gasteiger partial charge in [-0.1, -0.05) is 22.0 Å². The first-order valence-corrected chi connectivity index (χ1v) is 6.69. The van der Waals surface area contributed by atoms with E-state index in [1.54, 1.807) is 25.1 Å². The molecule has 0 aliphatic heterocycles. The van der Waals surface area contributed by atoms with Crippen LogP contribution in [0.15, 0.2) is 22.7 Å². The van der Waals surface area contributed by atoms with Crippen molar-refractivity contribution in [3.8, 4) is 0 Å². The van der Waals surface area contributed by atoms with Crippen LogP contribution in [0.5, 0.6) is 0 Å². The third kappa shape index (κ3) is 4.34. The summed E-state index contributed by atoms with van der Waals surface area (Å²) < 4.78 is 0.758. The average Bonchev–Trinajstić information content (AvgIpc) is 2.36. The van der Waals surface area contributed by atoms with Crippen LogP contribution in [-0.2, 0) is 9.59 Å². The number of carboxylic acids is 1. The highest BCUT2D eigenvalue weighted by molar-refractivity contribution is 9.10. The van der Waals surface area contributed by atoms with Crippen LogP contribution >= 0.6 is 15.9 Å². The Kier molecular flexibility index (Phi) is 5.69. The first kappa shape index (κ1) is 16.2. The number of halogens is 1. The van der Waals surface area contributed by atoms with E-state index in [-0.39, 0.29) is 12.8 Å². The maximum atomic E-state index is 12.1. The van der Waals surface area contributed by atoms with Gasteiger partial charge in [-0.25, -0.2) is 4.79 Å². The molecule has 20 heavy (non-hydrogen) atoms. The normalized spacial score (nSPS) is 11.7. The van der Waals surface area contributed by atoms with Gasteiger partial charge in [0.25, 0.3) is 5.91 Å². The van der Waals surface area contributed by atoms with Crippen LogP contribution in [0.3, 0.4) is 0 Å². The number of primary amides is 1. The minimum Gasteiger partial charge on any atom is -0.480 e. The van der Waals surface area contributed by atoms with Crippen molar-refractivity contribution >= 4 is 33.7 Å². The van der Waals surface area contributed by atoms with E-state index in [0.29, 0.717) is 11.1 Å². The molecule has 0 heterocycles. The van der Waals surface area contributed by atoms with Gasteiger partial charge in [0, 0.05) is 16.5 Å². The SMILES string of the molecule is Cc1c(Br)cccc1C(=O)N[C@@H](CCC(N)=O)C(=O)O. The van der Waals surface area contributed by atoms with E-state index < -0.39 is 23.8 Å². The summed E-state index contributed by atoms with van der Waals surface area (Å²) in [6, 6.07) is 3.93. The molecule has 1 atom stereocenters. The minimum atomic E-state index is -1.20. The fourth-order valence-corrected chi connectivity index (χ4v) is 2.00. The highest BCUT2D eigenvalue weighted by Crippen LogP contribution is 2.19. The van der Waals surface area contributed by atoms with Crippen molar-refractivity contribution in [3.63, 3.8) is 0 Å². The molecule has 0 aliphatic carbocycles. The highest BCUT2D eigenvalue weighted by Gasteiger charge is 2.22. The quantitative estimate of drug-likeness (QED) is 0.721. The molecule has 0 bridgehead atoms. The van der Waals surface area contributed by atoms with E-state index in [1.165, 1.54) is 0 Å². The van der Waals surface area contributed by atoms with Gasteiger partial charge in [0.2, 0.25) is 5.91 Å². The number of carbonyl (C=O) groups excluding carboxylic acids is 2. The van der Waals surface area contributed by atoms with Crippen molar-refractivity contribution in [1.82, 2.24) is 5.32 Å². The van der Waals surface area contributed by atoms with E-state index in [9.17, 15) is 14.4 Å². The number of aliphatic carboxylic acids is 1. The van der Waals surface area contributed by atoms with E-state index in [2.05, 4.69) is 21.2 Å². The molecule has 1 aromatic rings. The molecule has 0 spiro atoms. The monoisotopic (exact) mass is 342 g/mol. The lowest BCUT2D eigenvalue weighted by atomic mass is 10.1. The Morgan fingerprint density at radius 1 is 1.40 bits per heavy atom. The zero-order chi connectivity index (χ0) is 15.3. The van der Waals surface area contributed by atoms with E-state index in [1.807, 2.05) is 0 Å². The van der Waals surface area contributed by atoms with Crippen LogP contribution in [0.4, 0.5) is 0 Å². The number of nitrogens with one attached hydrogen (secondary N) is 1. The van der Waals surface area contributed by atoms with Crippen molar-refractivity contribution in [2.75, 3.05) is 0 Å². The Hall–Kier alpha value is -1.89. The van der Waals surface area contributed by atoms with Gasteiger partial charge in [0.1, 0.15) is 6.04 Å². The summed E-state index contributed by atoms with van der Waals surface area (Å²) in [6.45, 7) is 1.75. The van der Waals surface area contributed by atoms with Gasteiger partial charge >= 0.3 is 5.97 Å². The van der Waals surface area contributed by atoms with Gasteiger partial charge in [-0.15, -0.1) is 0 Å². The number of carboxylic acid groups (broad SMARTS) is 1. The first-order chi connectivity index (χ1) is 9.32. The zero-order valence-corrected chi connectivity index (χ0v) is 12.4. The second kappa shape index (κ2) is 7.04. The molecular weight excluding hydrogens is 328 g/mol. The fraction of sp³-hybridized carbons (Fsp3) is 0.308. The van der Waals surface area contributed by atoms with Gasteiger partial charge < -0.3 is 16.2 Å². The second-order valence-corrected chi connectivity index (χ2v) is 5.14. The largest absolute Gasteiger partial charge is 0.480 e. The standard InChI is InChI=1S/C13H15BrN2O4/c1-7-8(3-2-4-9(7)14)12(18)16-10(13(19)20)5-6-11(15)17/h2-4,10H,5-6H2,1H3,(H2,15,17)(H,16,18)(H,19,20)/t10-/m0/s1. The predicted octanol–water partition coefficient (Wildman–Crippen LogP) is 1.21. The topological polar surface area (TPSA) is 109 Å². The minimum absolute atomic E-state index is 0.0382. The van der Waals surface area contributed by atoms with Gasteiger partial charge in [-0.05, 0) is 31.0 Å². The molecule has 0 aliphatic rings. The van der Waals surface area contributed by atoms with E-state index >= 15 is 0 Å². The number of rotatable bonds is 6. The second-order valence-electron chi connectivity index (χ2n) is 4.28. The molecule has 0 radical (unpaired) electrons. The van der Waals surface area contributed by atoms with Crippen LogP contribution < -0.4 is 11.1 Å². The van der Waals surface area contributed by atoms with Crippen molar-refractivity contribution in [3.05, 3.63) is 33.8 Å². The molecule has 0 unspecified atom stereocenters. The Labute approximate surface area is 124 Å². The molecule has 1 rings (SSSR count). The van der Waals surface area contributed by atoms with Gasteiger partial charge in [0.05, 0.1) is 0 Å². The van der Waals surface area contributed by atoms with Crippen molar-refractivity contribution in [2.24, 2.45) is 5.73 Å². The van der Waals surface area contributed by atoms with Crippen molar-refractivity contribution in [2.45, 2.75) is 25.8 Å². The van der Waals surface area contributed by atoms with Crippen molar-refractivity contribution < 1.29 is 19.5 Å². The lowest BCUT2D eigenvalue weighted by Gasteiger charge is -2.15. The molecule has 7 heteroatoms. The lowest BCUT2D eigenvalue weighted by molar-refractivity contribution is -0.139. The summed E-state index contributed by atoms with van der Waals surface area (Å²) in [7, 11) is 0. The molecule has 4 N–H and O–H groups in total. The molecule has 1 aromatic carbocycles. The number of benzene rings is 1. The van der Waals surface area contributed by atoms with Crippen LogP contribution in [0.1, 0.15) is 28.8 Å². The maximum absolute atomic E-state index is 12.1. The molecule has 108 valence electrons. The Morgan fingerprint density at radius 2 is 2.05 bits per heavy atom. The Bertz CT molecular complexity index is 545. The molecule has 0 saturated heterocycles. The Balaban J connectivity index is 2.83. The van der Waals surface area contributed by atoms with E-state index in [4.69, 9.17) is 10.8 Å². The number of nitrogens with two attached hydrogens (primary N) is 1. The summed E-state index contributed by atoms with van der Waals surface area (Å²) in [5.41, 5.74) is 6.07. The zero-order valence-electron chi connectivity index (χ0n) is 10.9. The lowest BCUT2D eigenvalue weighted by Crippen LogP contribution is -2.41. The highest BCUT2D eigenvalue weighted by atomic mass is 79.9. The predicted molar refractivity (Wildman–Crippen MR) is 76.2 cm³/mol. The third-order valence-electron chi connectivity index (χ3n) is 2.80. The molecule has 6 nitrogen and oxygen atoms in total. The van der Waals surface area contributed by atoms with Gasteiger partial charge in [-0.3, -0.25) is 9.59 Å². The fourth-order valence-electron chi connectivity index (χ4n) is 1.63. The summed E-state index contributed by atoms with van der Waals surface area (Å²) >= 11 is 3.30. The molecular formula is C13H15BrN2O4. The summed E-state index contributed by atoms with van der Waals surface area (Å²) in [5.74, 6) is -2.31. The average molecular weight is 343 g/mol. The smallest absolute Gasteiger partial charge is 0.326 e. The number of hydrogen-bond acceptors (Lipinski definition) is 3. The third-order valence-corrected chi connectivity index (χ3v) is 3.65. The molecule has 0 saturated carbocycles.